The molecule has 1 rings (SSSR count). The second kappa shape index (κ2) is 9.72. The fourth-order valence-corrected chi connectivity index (χ4v) is 2.16. The average Bonchev–Trinajstić information content (AvgIpc) is 2.48. The Morgan fingerprint density at radius 3 is 2.45 bits per heavy atom. The van der Waals surface area contributed by atoms with Crippen LogP contribution in [0.2, 0.25) is 0 Å². The van der Waals surface area contributed by atoms with Crippen molar-refractivity contribution in [3.05, 3.63) is 23.9 Å². The smallest absolute Gasteiger partial charge is 0.278 e. The van der Waals surface area contributed by atoms with Gasteiger partial charge in [-0.3, -0.25) is 0 Å². The summed E-state index contributed by atoms with van der Waals surface area (Å²) in [7, 11) is 0. The Bertz CT molecular complexity index is 404. The lowest BCUT2D eigenvalue weighted by Gasteiger charge is -2.13. The molecule has 1 N–H and O–H groups in total. The van der Waals surface area contributed by atoms with Gasteiger partial charge in [-0.2, -0.15) is 0 Å². The van der Waals surface area contributed by atoms with Crippen LogP contribution in [0.1, 0.15) is 70.5 Å². The van der Waals surface area contributed by atoms with Gasteiger partial charge in [-0.1, -0.05) is 45.4 Å². The third-order valence-electron chi connectivity index (χ3n) is 3.45. The van der Waals surface area contributed by atoms with E-state index in [1.165, 1.54) is 37.9 Å². The largest absolute Gasteiger partial charge is 0.471 e. The van der Waals surface area contributed by atoms with Gasteiger partial charge in [-0.25, -0.2) is 13.8 Å². The Morgan fingerprint density at radius 2 is 1.86 bits per heavy atom. The minimum Gasteiger partial charge on any atom is -0.471 e. The summed E-state index contributed by atoms with van der Waals surface area (Å²) in [6, 6.07) is 3.20. The maximum absolute atomic E-state index is 12.7. The first-order valence-electron chi connectivity index (χ1n) is 8.07. The summed E-state index contributed by atoms with van der Waals surface area (Å²) >= 11 is 0. The van der Waals surface area contributed by atoms with Gasteiger partial charge in [0.15, 0.2) is 6.61 Å². The molecule has 0 spiro atoms. The maximum atomic E-state index is 12.7. The molecule has 0 aliphatic rings. The van der Waals surface area contributed by atoms with Gasteiger partial charge in [0.2, 0.25) is 5.88 Å². The first-order valence-corrected chi connectivity index (χ1v) is 8.07. The minimum atomic E-state index is -2.88. The van der Waals surface area contributed by atoms with Gasteiger partial charge >= 0.3 is 0 Å². The van der Waals surface area contributed by atoms with Crippen LogP contribution in [-0.2, 0) is 0 Å². The zero-order valence-corrected chi connectivity index (χ0v) is 13.5. The first kappa shape index (κ1) is 18.8. The number of rotatable bonds is 11. The summed E-state index contributed by atoms with van der Waals surface area (Å²) in [6.07, 6.45) is 8.69. The van der Waals surface area contributed by atoms with Crippen molar-refractivity contribution in [3.63, 3.8) is 0 Å². The molecule has 1 heterocycles. The number of ether oxygens (including phenoxy) is 1. The molecule has 0 saturated heterocycles. The van der Waals surface area contributed by atoms with E-state index in [1.54, 1.807) is 6.07 Å². The Kier molecular flexibility index (Phi) is 8.31. The molecule has 1 aromatic rings. The predicted octanol–water partition coefficient (Wildman–Crippen LogP) is 4.90. The van der Waals surface area contributed by atoms with Gasteiger partial charge in [0.25, 0.3) is 5.92 Å². The molecule has 0 bridgehead atoms. The van der Waals surface area contributed by atoms with Crippen molar-refractivity contribution >= 4 is 0 Å². The second-order valence-corrected chi connectivity index (χ2v) is 5.86. The number of alkyl halides is 2. The fourth-order valence-electron chi connectivity index (χ4n) is 2.16. The highest BCUT2D eigenvalue weighted by Crippen LogP contribution is 2.22. The quantitative estimate of drug-likeness (QED) is 0.591. The van der Waals surface area contributed by atoms with E-state index in [4.69, 9.17) is 4.74 Å². The first-order chi connectivity index (χ1) is 10.4. The van der Waals surface area contributed by atoms with E-state index in [0.717, 1.165) is 19.8 Å². The molecule has 0 radical (unpaired) electrons. The number of aliphatic hydroxyl groups excluding tert-OH is 1. The predicted molar refractivity (Wildman–Crippen MR) is 83.3 cm³/mol. The van der Waals surface area contributed by atoms with Gasteiger partial charge in [-0.05, 0) is 18.1 Å². The van der Waals surface area contributed by atoms with E-state index in [0.29, 0.717) is 12.0 Å². The normalized spacial score (nSPS) is 13.1. The summed E-state index contributed by atoms with van der Waals surface area (Å²) in [4.78, 5) is 3.96. The number of unbranched alkanes of at least 4 members (excludes halogenated alkanes) is 5. The SMILES string of the molecule is CCCCCCCCC(O)c1ccc(OCC(C)(F)F)nc1. The van der Waals surface area contributed by atoms with Gasteiger partial charge < -0.3 is 9.84 Å². The third kappa shape index (κ3) is 8.27. The van der Waals surface area contributed by atoms with Crippen molar-refractivity contribution < 1.29 is 18.6 Å². The number of aromatic nitrogens is 1. The average molecular weight is 315 g/mol. The third-order valence-corrected chi connectivity index (χ3v) is 3.45. The van der Waals surface area contributed by atoms with E-state index >= 15 is 0 Å². The molecule has 0 aliphatic heterocycles. The van der Waals surface area contributed by atoms with Gasteiger partial charge in [0.05, 0.1) is 6.10 Å². The molecule has 0 fully saturated rings. The molecule has 1 unspecified atom stereocenters. The fraction of sp³-hybridized carbons (Fsp3) is 0.706. The Labute approximate surface area is 131 Å². The molecule has 0 aliphatic carbocycles. The highest BCUT2D eigenvalue weighted by molar-refractivity contribution is 5.19. The van der Waals surface area contributed by atoms with E-state index in [1.807, 2.05) is 0 Å². The molecule has 5 heteroatoms. The van der Waals surface area contributed by atoms with Crippen molar-refractivity contribution in [1.29, 1.82) is 0 Å². The monoisotopic (exact) mass is 315 g/mol. The van der Waals surface area contributed by atoms with Crippen LogP contribution in [0.15, 0.2) is 18.3 Å². The lowest BCUT2D eigenvalue weighted by atomic mass is 10.0. The zero-order valence-electron chi connectivity index (χ0n) is 13.5. The lowest BCUT2D eigenvalue weighted by Crippen LogP contribution is -2.21. The molecular formula is C17H27F2NO2. The number of hydrogen-bond acceptors (Lipinski definition) is 3. The molecule has 1 atom stereocenters. The second-order valence-electron chi connectivity index (χ2n) is 5.86. The molecule has 1 aromatic heterocycles. The van der Waals surface area contributed by atoms with Crippen LogP contribution in [0.3, 0.4) is 0 Å². The van der Waals surface area contributed by atoms with Crippen LogP contribution < -0.4 is 4.74 Å². The van der Waals surface area contributed by atoms with Crippen molar-refractivity contribution in [2.24, 2.45) is 0 Å². The van der Waals surface area contributed by atoms with E-state index in [-0.39, 0.29) is 5.88 Å². The van der Waals surface area contributed by atoms with Crippen molar-refractivity contribution in [2.45, 2.75) is 70.8 Å². The standard InChI is InChI=1S/C17H27F2NO2/c1-3-4-5-6-7-8-9-15(21)14-10-11-16(20-12-14)22-13-17(2,18)19/h10-12,15,21H,3-9,13H2,1-2H3. The zero-order chi connectivity index (χ0) is 16.4. The molecule has 22 heavy (non-hydrogen) atoms. The van der Waals surface area contributed by atoms with E-state index in [9.17, 15) is 13.9 Å². The van der Waals surface area contributed by atoms with Crippen LogP contribution >= 0.6 is 0 Å². The Morgan fingerprint density at radius 1 is 1.18 bits per heavy atom. The highest BCUT2D eigenvalue weighted by Gasteiger charge is 2.22. The molecular weight excluding hydrogens is 288 g/mol. The van der Waals surface area contributed by atoms with Crippen molar-refractivity contribution in [3.8, 4) is 5.88 Å². The minimum absolute atomic E-state index is 0.150. The summed E-state index contributed by atoms with van der Waals surface area (Å²) in [5.41, 5.74) is 0.698. The van der Waals surface area contributed by atoms with Crippen molar-refractivity contribution in [1.82, 2.24) is 4.98 Å². The summed E-state index contributed by atoms with van der Waals surface area (Å²) in [5, 5.41) is 10.1. The molecule has 0 saturated carbocycles. The van der Waals surface area contributed by atoms with Crippen LogP contribution in [0.25, 0.3) is 0 Å². The Hall–Kier alpha value is -1.23. The van der Waals surface area contributed by atoms with E-state index < -0.39 is 18.6 Å². The van der Waals surface area contributed by atoms with Gasteiger partial charge in [0, 0.05) is 19.2 Å². The van der Waals surface area contributed by atoms with Crippen molar-refractivity contribution in [2.75, 3.05) is 6.61 Å². The Balaban J connectivity index is 2.29. The topological polar surface area (TPSA) is 42.4 Å². The summed E-state index contributed by atoms with van der Waals surface area (Å²) in [6.45, 7) is 2.29. The molecule has 3 nitrogen and oxygen atoms in total. The number of halogens is 2. The lowest BCUT2D eigenvalue weighted by molar-refractivity contribution is -0.0242. The summed E-state index contributed by atoms with van der Waals surface area (Å²) < 4.78 is 30.2. The summed E-state index contributed by atoms with van der Waals surface area (Å²) in [5.74, 6) is -2.73. The van der Waals surface area contributed by atoms with Crippen LogP contribution in [0.5, 0.6) is 5.88 Å². The number of aliphatic hydroxyl groups is 1. The molecule has 126 valence electrons. The number of pyridine rings is 1. The number of nitrogens with zero attached hydrogens (tertiary/aromatic N) is 1. The highest BCUT2D eigenvalue weighted by atomic mass is 19.3. The number of hydrogen-bond donors (Lipinski definition) is 1. The van der Waals surface area contributed by atoms with Gasteiger partial charge in [0.1, 0.15) is 0 Å². The van der Waals surface area contributed by atoms with Crippen LogP contribution in [0.4, 0.5) is 8.78 Å². The van der Waals surface area contributed by atoms with Crippen LogP contribution in [-0.4, -0.2) is 22.6 Å². The molecule has 0 aromatic carbocycles. The van der Waals surface area contributed by atoms with Crippen LogP contribution in [0, 0.1) is 0 Å². The van der Waals surface area contributed by atoms with E-state index in [2.05, 4.69) is 11.9 Å². The molecule has 0 amide bonds. The van der Waals surface area contributed by atoms with Gasteiger partial charge in [-0.15, -0.1) is 0 Å². The maximum Gasteiger partial charge on any atom is 0.278 e.